The Bertz CT molecular complexity index is 1110. The van der Waals surface area contributed by atoms with Crippen molar-refractivity contribution in [3.8, 4) is 11.5 Å². The summed E-state index contributed by atoms with van der Waals surface area (Å²) in [5.74, 6) is 0.824. The first-order valence-electron chi connectivity index (χ1n) is 9.55. The Hall–Kier alpha value is -3.12. The van der Waals surface area contributed by atoms with E-state index in [0.717, 1.165) is 21.2 Å². The molecule has 0 fully saturated rings. The number of carbonyl (C=O) groups excluding carboxylic acids is 2. The van der Waals surface area contributed by atoms with Gasteiger partial charge in [0.25, 0.3) is 0 Å². The molecule has 5 nitrogen and oxygen atoms in total. The zero-order valence-corrected chi connectivity index (χ0v) is 17.9. The van der Waals surface area contributed by atoms with E-state index in [-0.39, 0.29) is 5.78 Å². The van der Waals surface area contributed by atoms with E-state index in [1.165, 1.54) is 0 Å². The van der Waals surface area contributed by atoms with Crippen LogP contribution in [-0.4, -0.2) is 18.3 Å². The van der Waals surface area contributed by atoms with Crippen LogP contribution in [0.2, 0.25) is 0 Å². The van der Waals surface area contributed by atoms with Gasteiger partial charge in [-0.3, -0.25) is 9.59 Å². The summed E-state index contributed by atoms with van der Waals surface area (Å²) in [5, 5.41) is 0. The van der Waals surface area contributed by atoms with E-state index in [1.807, 2.05) is 49.4 Å². The third kappa shape index (κ3) is 3.96. The summed E-state index contributed by atoms with van der Waals surface area (Å²) >= 11 is 3.46. The Morgan fingerprint density at radius 3 is 2.30 bits per heavy atom. The first-order chi connectivity index (χ1) is 14.4. The van der Waals surface area contributed by atoms with E-state index in [4.69, 9.17) is 15.2 Å². The molecular weight excluding hydrogens is 446 g/mol. The maximum absolute atomic E-state index is 12.2. The molecule has 152 valence electrons. The number of ketones is 1. The fraction of sp³-hybridized carbons (Fsp3) is 0.167. The molecule has 0 spiro atoms. The van der Waals surface area contributed by atoms with Crippen molar-refractivity contribution in [3.63, 3.8) is 0 Å². The number of rotatable bonds is 5. The van der Waals surface area contributed by atoms with E-state index in [9.17, 15) is 9.59 Å². The average Bonchev–Trinajstić information content (AvgIpc) is 2.75. The van der Waals surface area contributed by atoms with Crippen LogP contribution in [0.15, 0.2) is 65.1 Å². The number of fused-ring (bicyclic) bond motifs is 1. The molecule has 3 aromatic carbocycles. The van der Waals surface area contributed by atoms with Crippen molar-refractivity contribution >= 4 is 27.6 Å². The molecule has 1 aliphatic heterocycles. The molecule has 0 radical (unpaired) electrons. The van der Waals surface area contributed by atoms with Crippen molar-refractivity contribution in [2.45, 2.75) is 19.4 Å². The van der Waals surface area contributed by atoms with Crippen molar-refractivity contribution in [1.82, 2.24) is 0 Å². The number of primary amides is 1. The third-order valence-electron chi connectivity index (χ3n) is 5.15. The Morgan fingerprint density at radius 1 is 1.03 bits per heavy atom. The maximum Gasteiger partial charge on any atom is 0.248 e. The Kier molecular flexibility index (Phi) is 5.59. The lowest BCUT2D eigenvalue weighted by Gasteiger charge is -2.24. The van der Waals surface area contributed by atoms with Crippen LogP contribution in [-0.2, 0) is 0 Å². The molecule has 0 bridgehead atoms. The van der Waals surface area contributed by atoms with Crippen LogP contribution >= 0.6 is 15.9 Å². The molecular formula is C24H20BrNO4. The minimum atomic E-state index is -0.477. The van der Waals surface area contributed by atoms with Crippen molar-refractivity contribution in [3.05, 3.63) is 93.0 Å². The van der Waals surface area contributed by atoms with E-state index in [2.05, 4.69) is 15.9 Å². The van der Waals surface area contributed by atoms with Crippen LogP contribution in [0.4, 0.5) is 0 Å². The summed E-state index contributed by atoms with van der Waals surface area (Å²) in [4.78, 5) is 23.6. The predicted molar refractivity (Wildman–Crippen MR) is 117 cm³/mol. The average molecular weight is 466 g/mol. The van der Waals surface area contributed by atoms with Crippen LogP contribution in [0.5, 0.6) is 11.5 Å². The summed E-state index contributed by atoms with van der Waals surface area (Å²) in [7, 11) is 0. The quantitative estimate of drug-likeness (QED) is 0.575. The molecule has 0 saturated carbocycles. The molecule has 0 aliphatic carbocycles. The first-order valence-corrected chi connectivity index (χ1v) is 10.3. The third-order valence-corrected chi connectivity index (χ3v) is 5.68. The lowest BCUT2D eigenvalue weighted by molar-refractivity contribution is 0.0931. The zero-order chi connectivity index (χ0) is 21.3. The summed E-state index contributed by atoms with van der Waals surface area (Å²) in [5.41, 5.74) is 9.00. The van der Waals surface area contributed by atoms with E-state index in [1.54, 1.807) is 18.2 Å². The lowest BCUT2D eigenvalue weighted by atomic mass is 9.98. The molecule has 2 N–H and O–H groups in total. The summed E-state index contributed by atoms with van der Waals surface area (Å²) in [6, 6.07) is 18.5. The Balaban J connectivity index is 1.74. The van der Waals surface area contributed by atoms with Crippen LogP contribution in [0.1, 0.15) is 49.9 Å². The molecule has 30 heavy (non-hydrogen) atoms. The fourth-order valence-corrected chi connectivity index (χ4v) is 3.77. The number of halogens is 1. The van der Waals surface area contributed by atoms with Gasteiger partial charge < -0.3 is 15.2 Å². The monoisotopic (exact) mass is 465 g/mol. The van der Waals surface area contributed by atoms with Crippen molar-refractivity contribution in [2.24, 2.45) is 5.73 Å². The number of benzene rings is 3. The molecule has 3 aromatic rings. The standard InChI is InChI=1S/C24H20BrNO4/c1-14-21(11-10-19-20(27)12-13-29-22(14)19)30-23(16-6-8-18(25)9-7-16)15-2-4-17(5-3-15)24(26)28/h2-11,23H,12-13H2,1H3,(H2,26,28). The molecule has 1 unspecified atom stereocenters. The van der Waals surface area contributed by atoms with Crippen molar-refractivity contribution in [2.75, 3.05) is 6.61 Å². The van der Waals surface area contributed by atoms with Crippen LogP contribution < -0.4 is 15.2 Å². The van der Waals surface area contributed by atoms with E-state index >= 15 is 0 Å². The SMILES string of the molecule is Cc1c(OC(c2ccc(Br)cc2)c2ccc(C(N)=O)cc2)ccc2c1OCCC2=O. The Labute approximate surface area is 182 Å². The van der Waals surface area contributed by atoms with Gasteiger partial charge in [0, 0.05) is 22.0 Å². The van der Waals surface area contributed by atoms with Crippen LogP contribution in [0.25, 0.3) is 0 Å². The van der Waals surface area contributed by atoms with Crippen LogP contribution in [0, 0.1) is 6.92 Å². The van der Waals surface area contributed by atoms with Gasteiger partial charge >= 0.3 is 0 Å². The number of carbonyl (C=O) groups is 2. The lowest BCUT2D eigenvalue weighted by Crippen LogP contribution is -2.17. The minimum absolute atomic E-state index is 0.0809. The second kappa shape index (κ2) is 8.32. The smallest absolute Gasteiger partial charge is 0.248 e. The number of nitrogens with two attached hydrogens (primary N) is 1. The first kappa shape index (κ1) is 20.2. The number of amides is 1. The van der Waals surface area contributed by atoms with E-state index in [0.29, 0.717) is 35.7 Å². The molecule has 1 aliphatic rings. The molecule has 6 heteroatoms. The summed E-state index contributed by atoms with van der Waals surface area (Å²) in [6.45, 7) is 2.27. The largest absolute Gasteiger partial charge is 0.492 e. The Morgan fingerprint density at radius 2 is 1.67 bits per heavy atom. The van der Waals surface area contributed by atoms with Gasteiger partial charge in [0.1, 0.15) is 17.6 Å². The predicted octanol–water partition coefficient (Wildman–Crippen LogP) is 4.99. The van der Waals surface area contributed by atoms with Crippen LogP contribution in [0.3, 0.4) is 0 Å². The van der Waals surface area contributed by atoms with Gasteiger partial charge in [-0.15, -0.1) is 0 Å². The molecule has 0 aromatic heterocycles. The highest BCUT2D eigenvalue weighted by molar-refractivity contribution is 9.10. The topological polar surface area (TPSA) is 78.6 Å². The van der Waals surface area contributed by atoms with Gasteiger partial charge in [0.2, 0.25) is 5.91 Å². The van der Waals surface area contributed by atoms with Gasteiger partial charge in [0.15, 0.2) is 5.78 Å². The van der Waals surface area contributed by atoms with Crippen molar-refractivity contribution in [1.29, 1.82) is 0 Å². The molecule has 4 rings (SSSR count). The maximum atomic E-state index is 12.2. The van der Waals surface area contributed by atoms with Gasteiger partial charge in [-0.1, -0.05) is 40.2 Å². The summed E-state index contributed by atoms with van der Waals surface area (Å²) in [6.07, 6.45) is -0.0310. The molecule has 1 heterocycles. The van der Waals surface area contributed by atoms with E-state index < -0.39 is 12.0 Å². The highest BCUT2D eigenvalue weighted by Gasteiger charge is 2.24. The number of hydrogen-bond acceptors (Lipinski definition) is 4. The second-order valence-electron chi connectivity index (χ2n) is 7.12. The summed E-state index contributed by atoms with van der Waals surface area (Å²) < 4.78 is 13.2. The normalized spacial score (nSPS) is 13.9. The zero-order valence-electron chi connectivity index (χ0n) is 16.4. The number of Topliss-reactive ketones (excluding diaryl/α,β-unsaturated/α-hetero) is 1. The van der Waals surface area contributed by atoms with Gasteiger partial charge in [-0.2, -0.15) is 0 Å². The van der Waals surface area contributed by atoms with Gasteiger partial charge in [0.05, 0.1) is 12.2 Å². The van der Waals surface area contributed by atoms with Gasteiger partial charge in [-0.25, -0.2) is 0 Å². The highest BCUT2D eigenvalue weighted by Crippen LogP contribution is 2.38. The second-order valence-corrected chi connectivity index (χ2v) is 8.04. The number of hydrogen-bond donors (Lipinski definition) is 1. The molecule has 1 amide bonds. The minimum Gasteiger partial charge on any atom is -0.492 e. The van der Waals surface area contributed by atoms with Gasteiger partial charge in [-0.05, 0) is 54.4 Å². The van der Waals surface area contributed by atoms with Crippen molar-refractivity contribution < 1.29 is 19.1 Å². The highest BCUT2D eigenvalue weighted by atomic mass is 79.9. The number of ether oxygens (including phenoxy) is 2. The molecule has 0 saturated heterocycles. The fourth-order valence-electron chi connectivity index (χ4n) is 3.50. The molecule has 1 atom stereocenters.